The third-order valence-corrected chi connectivity index (χ3v) is 1.36. The van der Waals surface area contributed by atoms with Gasteiger partial charge in [-0.1, -0.05) is 18.2 Å². The Kier molecular flexibility index (Phi) is 6.74. The Hall–Kier alpha value is -3.10. The van der Waals surface area contributed by atoms with Crippen LogP contribution in [0.15, 0.2) is 30.3 Å². The number of carbonyl (C=O) groups is 4. The Morgan fingerprint density at radius 2 is 1.21 bits per heavy atom. The lowest BCUT2D eigenvalue weighted by Crippen LogP contribution is -2.14. The van der Waals surface area contributed by atoms with Crippen LogP contribution in [0.25, 0.3) is 0 Å². The van der Waals surface area contributed by atoms with E-state index in [0.29, 0.717) is 5.56 Å². The van der Waals surface area contributed by atoms with Crippen molar-refractivity contribution in [3.63, 3.8) is 0 Å². The van der Waals surface area contributed by atoms with Crippen molar-refractivity contribution in [1.82, 2.24) is 0 Å². The molecule has 0 unspecified atom stereocenters. The third-order valence-electron chi connectivity index (χ3n) is 1.36. The predicted molar refractivity (Wildman–Crippen MR) is 57.0 cm³/mol. The topological polar surface area (TPSA) is 147 Å². The molecule has 3 N–H and O–H groups in total. The first-order valence-electron chi connectivity index (χ1n) is 4.46. The minimum atomic E-state index is -1.92. The standard InChI is InChI=1S/C7H6O2.C3H2O7/c8-7(9)6-4-2-1-3-5-6;4-1(5)9-3(8)10-2(6)7/h1-5H,(H,8,9);(H,4,5)(H,6,7). The normalized spacial score (nSPS) is 8.42. The fraction of sp³-hybridized carbons (Fsp3) is 0. The van der Waals surface area contributed by atoms with Crippen molar-refractivity contribution in [2.75, 3.05) is 0 Å². The highest BCUT2D eigenvalue weighted by Gasteiger charge is 2.13. The van der Waals surface area contributed by atoms with Crippen molar-refractivity contribution in [2.24, 2.45) is 0 Å². The molecule has 0 spiro atoms. The summed E-state index contributed by atoms with van der Waals surface area (Å²) in [7, 11) is 0. The number of hydrogen-bond donors (Lipinski definition) is 3. The van der Waals surface area contributed by atoms with E-state index in [2.05, 4.69) is 9.47 Å². The number of ether oxygens (including phenoxy) is 2. The molecule has 1 rings (SSSR count). The molecule has 0 aliphatic carbocycles. The van der Waals surface area contributed by atoms with E-state index in [-0.39, 0.29) is 0 Å². The Labute approximate surface area is 105 Å². The van der Waals surface area contributed by atoms with Crippen molar-refractivity contribution < 1.29 is 44.0 Å². The summed E-state index contributed by atoms with van der Waals surface area (Å²) in [5.41, 5.74) is 0.331. The number of carboxylic acid groups (broad SMARTS) is 3. The minimum absolute atomic E-state index is 0.331. The number of hydrogen-bond acceptors (Lipinski definition) is 6. The van der Waals surface area contributed by atoms with Crippen LogP contribution in [-0.2, 0) is 9.47 Å². The highest BCUT2D eigenvalue weighted by molar-refractivity contribution is 5.87. The molecule has 0 fully saturated rings. The van der Waals surface area contributed by atoms with E-state index >= 15 is 0 Å². The molecular weight excluding hydrogens is 264 g/mol. The molecule has 0 atom stereocenters. The molecule has 0 heterocycles. The second-order valence-electron chi connectivity index (χ2n) is 2.66. The maximum atomic E-state index is 10.2. The zero-order chi connectivity index (χ0) is 14.8. The molecule has 1 aromatic rings. The van der Waals surface area contributed by atoms with Crippen molar-refractivity contribution >= 4 is 24.4 Å². The van der Waals surface area contributed by atoms with Crippen LogP contribution >= 0.6 is 0 Å². The van der Waals surface area contributed by atoms with E-state index in [1.165, 1.54) is 0 Å². The van der Waals surface area contributed by atoms with Crippen LogP contribution < -0.4 is 0 Å². The average molecular weight is 272 g/mol. The average Bonchev–Trinajstić information content (AvgIpc) is 2.28. The number of carboxylic acids is 1. The molecule has 9 heteroatoms. The number of aromatic carboxylic acids is 1. The van der Waals surface area contributed by atoms with Crippen LogP contribution in [0, 0.1) is 0 Å². The number of rotatable bonds is 1. The van der Waals surface area contributed by atoms with E-state index < -0.39 is 24.4 Å². The van der Waals surface area contributed by atoms with Crippen LogP contribution in [0.1, 0.15) is 10.4 Å². The quantitative estimate of drug-likeness (QED) is 0.514. The van der Waals surface area contributed by atoms with Gasteiger partial charge in [0.1, 0.15) is 0 Å². The lowest BCUT2D eigenvalue weighted by atomic mass is 10.2. The van der Waals surface area contributed by atoms with Gasteiger partial charge >= 0.3 is 24.4 Å². The van der Waals surface area contributed by atoms with Gasteiger partial charge in [0.2, 0.25) is 0 Å². The summed E-state index contributed by atoms with van der Waals surface area (Å²) in [4.78, 5) is 39.0. The first-order chi connectivity index (χ1) is 8.82. The van der Waals surface area contributed by atoms with Gasteiger partial charge in [0.05, 0.1) is 5.56 Å². The summed E-state index contributed by atoms with van der Waals surface area (Å²) in [5.74, 6) is -0.879. The molecule has 102 valence electrons. The van der Waals surface area contributed by atoms with Gasteiger partial charge in [0.25, 0.3) is 0 Å². The number of benzene rings is 1. The van der Waals surface area contributed by atoms with Gasteiger partial charge in [-0.25, -0.2) is 19.2 Å². The lowest BCUT2D eigenvalue weighted by Gasteiger charge is -1.93. The van der Waals surface area contributed by atoms with Gasteiger partial charge in [0, 0.05) is 0 Å². The second kappa shape index (κ2) is 8.06. The molecule has 1 aromatic carbocycles. The van der Waals surface area contributed by atoms with Crippen molar-refractivity contribution in [3.05, 3.63) is 35.9 Å². The summed E-state index contributed by atoms with van der Waals surface area (Å²) in [6, 6.07) is 8.30. The highest BCUT2D eigenvalue weighted by atomic mass is 16.8. The minimum Gasteiger partial charge on any atom is -0.478 e. The Bertz CT molecular complexity index is 447. The Balaban J connectivity index is 0.000000342. The SMILES string of the molecule is O=C(O)OC(=O)OC(=O)O.O=C(O)c1ccccc1. The van der Waals surface area contributed by atoms with Gasteiger partial charge < -0.3 is 24.8 Å². The monoisotopic (exact) mass is 272 g/mol. The fourth-order valence-electron chi connectivity index (χ4n) is 0.744. The maximum Gasteiger partial charge on any atom is 0.528 e. The summed E-state index contributed by atoms with van der Waals surface area (Å²) < 4.78 is 6.47. The van der Waals surface area contributed by atoms with E-state index in [1.54, 1.807) is 30.3 Å². The van der Waals surface area contributed by atoms with Crippen LogP contribution in [0.3, 0.4) is 0 Å². The molecule has 9 nitrogen and oxygen atoms in total. The molecule has 19 heavy (non-hydrogen) atoms. The van der Waals surface area contributed by atoms with E-state index in [0.717, 1.165) is 0 Å². The molecule has 0 bridgehead atoms. The maximum absolute atomic E-state index is 10.2. The predicted octanol–water partition coefficient (Wildman–Crippen LogP) is 1.88. The van der Waals surface area contributed by atoms with Crippen LogP contribution in [-0.4, -0.2) is 39.8 Å². The molecule has 0 radical (unpaired) electrons. The largest absolute Gasteiger partial charge is 0.528 e. The second-order valence-corrected chi connectivity index (χ2v) is 2.66. The molecule has 0 aliphatic rings. The molecule has 0 aromatic heterocycles. The molecule has 0 saturated carbocycles. The van der Waals surface area contributed by atoms with Gasteiger partial charge in [-0.3, -0.25) is 0 Å². The molecule has 0 saturated heterocycles. The summed E-state index contributed by atoms with van der Waals surface area (Å²) >= 11 is 0. The molecular formula is C10H8O9. The Morgan fingerprint density at radius 3 is 1.47 bits per heavy atom. The molecule has 0 amide bonds. The van der Waals surface area contributed by atoms with E-state index in [4.69, 9.17) is 15.3 Å². The first kappa shape index (κ1) is 15.9. The van der Waals surface area contributed by atoms with Crippen molar-refractivity contribution in [3.8, 4) is 0 Å². The summed E-state index contributed by atoms with van der Waals surface area (Å²) in [6.07, 6.45) is -5.64. The van der Waals surface area contributed by atoms with Gasteiger partial charge in [-0.15, -0.1) is 0 Å². The lowest BCUT2D eigenvalue weighted by molar-refractivity contribution is 0.0546. The van der Waals surface area contributed by atoms with Gasteiger partial charge in [-0.05, 0) is 12.1 Å². The summed E-state index contributed by atoms with van der Waals surface area (Å²) in [5, 5.41) is 23.7. The van der Waals surface area contributed by atoms with Crippen molar-refractivity contribution in [1.29, 1.82) is 0 Å². The van der Waals surface area contributed by atoms with Crippen LogP contribution in [0.2, 0.25) is 0 Å². The fourth-order valence-corrected chi connectivity index (χ4v) is 0.744. The van der Waals surface area contributed by atoms with E-state index in [1.807, 2.05) is 0 Å². The Morgan fingerprint density at radius 1 is 0.789 bits per heavy atom. The molecule has 0 aliphatic heterocycles. The third kappa shape index (κ3) is 8.68. The van der Waals surface area contributed by atoms with Crippen LogP contribution in [0.5, 0.6) is 0 Å². The van der Waals surface area contributed by atoms with Gasteiger partial charge in [-0.2, -0.15) is 0 Å². The first-order valence-corrected chi connectivity index (χ1v) is 4.46. The highest BCUT2D eigenvalue weighted by Crippen LogP contribution is 1.96. The van der Waals surface area contributed by atoms with E-state index in [9.17, 15) is 19.2 Å². The zero-order valence-corrected chi connectivity index (χ0v) is 9.18. The zero-order valence-electron chi connectivity index (χ0n) is 9.18. The van der Waals surface area contributed by atoms with Crippen LogP contribution in [0.4, 0.5) is 14.4 Å². The smallest absolute Gasteiger partial charge is 0.478 e. The van der Waals surface area contributed by atoms with Gasteiger partial charge in [0.15, 0.2) is 0 Å². The number of carbonyl (C=O) groups excluding carboxylic acids is 1. The summed E-state index contributed by atoms with van der Waals surface area (Å²) in [6.45, 7) is 0. The van der Waals surface area contributed by atoms with Crippen molar-refractivity contribution in [2.45, 2.75) is 0 Å².